The highest BCUT2D eigenvalue weighted by molar-refractivity contribution is 5.38. The summed E-state index contributed by atoms with van der Waals surface area (Å²) in [5.41, 5.74) is 1.38. The van der Waals surface area contributed by atoms with Crippen LogP contribution in [0.2, 0.25) is 0 Å². The molecule has 1 atom stereocenters. The number of anilines is 1. The quantitative estimate of drug-likeness (QED) is 0.815. The van der Waals surface area contributed by atoms with Gasteiger partial charge in [0.25, 0.3) is 0 Å². The number of likely N-dealkylation sites (tertiary alicyclic amines) is 1. The van der Waals surface area contributed by atoms with Gasteiger partial charge < -0.3 is 4.90 Å². The molecule has 2 rings (SSSR count). The van der Waals surface area contributed by atoms with Crippen molar-refractivity contribution in [3.8, 4) is 0 Å². The Labute approximate surface area is 111 Å². The van der Waals surface area contributed by atoms with Crippen LogP contribution >= 0.6 is 0 Å². The summed E-state index contributed by atoms with van der Waals surface area (Å²) in [7, 11) is 2.08. The molecule has 0 amide bonds. The zero-order valence-corrected chi connectivity index (χ0v) is 11.9. The summed E-state index contributed by atoms with van der Waals surface area (Å²) in [6.07, 6.45) is 6.03. The average Bonchev–Trinajstić information content (AvgIpc) is 2.46. The van der Waals surface area contributed by atoms with E-state index in [2.05, 4.69) is 54.0 Å². The lowest BCUT2D eigenvalue weighted by atomic mass is 9.96. The molecule has 2 heterocycles. The second kappa shape index (κ2) is 6.19. The van der Waals surface area contributed by atoms with Crippen LogP contribution in [0.3, 0.4) is 0 Å². The van der Waals surface area contributed by atoms with Crippen molar-refractivity contribution < 1.29 is 0 Å². The molecule has 18 heavy (non-hydrogen) atoms. The first-order chi connectivity index (χ1) is 8.76. The third kappa shape index (κ3) is 2.83. The smallest absolute Gasteiger partial charge is 0.128 e. The van der Waals surface area contributed by atoms with E-state index in [-0.39, 0.29) is 0 Å². The van der Waals surface area contributed by atoms with Gasteiger partial charge in [-0.05, 0) is 44.5 Å². The zero-order valence-electron chi connectivity index (χ0n) is 11.9. The summed E-state index contributed by atoms with van der Waals surface area (Å²) in [6.45, 7) is 7.77. The number of nitrogens with zero attached hydrogens (tertiary/aromatic N) is 3. The van der Waals surface area contributed by atoms with Gasteiger partial charge >= 0.3 is 0 Å². The van der Waals surface area contributed by atoms with Gasteiger partial charge in [-0.25, -0.2) is 4.98 Å². The van der Waals surface area contributed by atoms with Crippen molar-refractivity contribution >= 4 is 5.82 Å². The van der Waals surface area contributed by atoms with Crippen LogP contribution in [0.25, 0.3) is 0 Å². The van der Waals surface area contributed by atoms with E-state index in [9.17, 15) is 0 Å². The topological polar surface area (TPSA) is 19.4 Å². The Balaban J connectivity index is 2.12. The third-order valence-corrected chi connectivity index (χ3v) is 4.04. The molecule has 1 saturated heterocycles. The predicted molar refractivity (Wildman–Crippen MR) is 77.0 cm³/mol. The Bertz CT molecular complexity index is 361. The van der Waals surface area contributed by atoms with E-state index >= 15 is 0 Å². The zero-order chi connectivity index (χ0) is 13.0. The van der Waals surface area contributed by atoms with Crippen LogP contribution in [0.15, 0.2) is 18.3 Å². The molecule has 3 heteroatoms. The van der Waals surface area contributed by atoms with Gasteiger partial charge in [0.15, 0.2) is 0 Å². The standard InChI is InChI=1S/C15H25N3/c1-4-17(3)15-10-9-13(12-16-15)14-8-6-7-11-18(14)5-2/h9-10,12,14H,4-8,11H2,1-3H3/t14-/m0/s1. The van der Waals surface area contributed by atoms with E-state index in [1.807, 2.05) is 0 Å². The van der Waals surface area contributed by atoms with Crippen molar-refractivity contribution in [2.45, 2.75) is 39.2 Å². The van der Waals surface area contributed by atoms with Crippen molar-refractivity contribution in [1.29, 1.82) is 0 Å². The molecule has 0 bridgehead atoms. The number of pyridine rings is 1. The van der Waals surface area contributed by atoms with Crippen molar-refractivity contribution in [2.24, 2.45) is 0 Å². The van der Waals surface area contributed by atoms with Gasteiger partial charge in [0.05, 0.1) is 0 Å². The molecule has 1 aliphatic heterocycles. The minimum Gasteiger partial charge on any atom is -0.360 e. The van der Waals surface area contributed by atoms with Gasteiger partial charge in [-0.3, -0.25) is 4.90 Å². The lowest BCUT2D eigenvalue weighted by Gasteiger charge is -2.35. The monoisotopic (exact) mass is 247 g/mol. The predicted octanol–water partition coefficient (Wildman–Crippen LogP) is 3.08. The fourth-order valence-electron chi connectivity index (χ4n) is 2.73. The van der Waals surface area contributed by atoms with Gasteiger partial charge in [0, 0.05) is 25.8 Å². The molecule has 1 fully saturated rings. The van der Waals surface area contributed by atoms with Gasteiger partial charge in [-0.2, -0.15) is 0 Å². The highest BCUT2D eigenvalue weighted by Gasteiger charge is 2.22. The first-order valence-electron chi connectivity index (χ1n) is 7.17. The SMILES string of the molecule is CCN(C)c1ccc([C@@H]2CCCCN2CC)cn1. The molecule has 0 aromatic carbocycles. The van der Waals surface area contributed by atoms with E-state index in [0.29, 0.717) is 6.04 Å². The van der Waals surface area contributed by atoms with Crippen LogP contribution in [-0.4, -0.2) is 36.6 Å². The van der Waals surface area contributed by atoms with Gasteiger partial charge in [-0.15, -0.1) is 0 Å². The van der Waals surface area contributed by atoms with Crippen molar-refractivity contribution in [2.75, 3.05) is 31.6 Å². The second-order valence-electron chi connectivity index (χ2n) is 5.10. The molecular weight excluding hydrogens is 222 g/mol. The molecule has 1 aliphatic rings. The average molecular weight is 247 g/mol. The fourth-order valence-corrected chi connectivity index (χ4v) is 2.73. The molecule has 100 valence electrons. The number of aromatic nitrogens is 1. The molecule has 0 N–H and O–H groups in total. The summed E-state index contributed by atoms with van der Waals surface area (Å²) < 4.78 is 0. The lowest BCUT2D eigenvalue weighted by Crippen LogP contribution is -2.33. The number of rotatable bonds is 4. The number of piperidine rings is 1. The van der Waals surface area contributed by atoms with Crippen LogP contribution in [-0.2, 0) is 0 Å². The summed E-state index contributed by atoms with van der Waals surface area (Å²) in [5, 5.41) is 0. The normalized spacial score (nSPS) is 20.9. The molecule has 0 saturated carbocycles. The van der Waals surface area contributed by atoms with Crippen LogP contribution in [0.1, 0.15) is 44.7 Å². The van der Waals surface area contributed by atoms with Gasteiger partial charge in [0.1, 0.15) is 5.82 Å². The molecule has 0 unspecified atom stereocenters. The molecule has 0 spiro atoms. The second-order valence-corrected chi connectivity index (χ2v) is 5.10. The summed E-state index contributed by atoms with van der Waals surface area (Å²) in [6, 6.07) is 4.99. The van der Waals surface area contributed by atoms with E-state index in [0.717, 1.165) is 18.9 Å². The Morgan fingerprint density at radius 3 is 2.78 bits per heavy atom. The van der Waals surface area contributed by atoms with E-state index in [4.69, 9.17) is 0 Å². The van der Waals surface area contributed by atoms with Crippen molar-refractivity contribution in [3.63, 3.8) is 0 Å². The molecule has 0 aliphatic carbocycles. The molecule has 3 nitrogen and oxygen atoms in total. The van der Waals surface area contributed by atoms with Crippen LogP contribution in [0.5, 0.6) is 0 Å². The lowest BCUT2D eigenvalue weighted by molar-refractivity contribution is 0.157. The maximum absolute atomic E-state index is 4.59. The number of hydrogen-bond donors (Lipinski definition) is 0. The number of hydrogen-bond acceptors (Lipinski definition) is 3. The molecular formula is C15H25N3. The molecule has 1 aromatic rings. The highest BCUT2D eigenvalue weighted by Crippen LogP contribution is 2.30. The van der Waals surface area contributed by atoms with Gasteiger partial charge in [0.2, 0.25) is 0 Å². The Kier molecular flexibility index (Phi) is 4.59. The van der Waals surface area contributed by atoms with Gasteiger partial charge in [-0.1, -0.05) is 19.4 Å². The van der Waals surface area contributed by atoms with Crippen molar-refractivity contribution in [1.82, 2.24) is 9.88 Å². The Morgan fingerprint density at radius 1 is 1.33 bits per heavy atom. The fraction of sp³-hybridized carbons (Fsp3) is 0.667. The summed E-state index contributed by atoms with van der Waals surface area (Å²) in [5.74, 6) is 1.07. The maximum Gasteiger partial charge on any atom is 0.128 e. The summed E-state index contributed by atoms with van der Waals surface area (Å²) >= 11 is 0. The van der Waals surface area contributed by atoms with Crippen molar-refractivity contribution in [3.05, 3.63) is 23.9 Å². The Morgan fingerprint density at radius 2 is 2.17 bits per heavy atom. The molecule has 1 aromatic heterocycles. The first-order valence-corrected chi connectivity index (χ1v) is 7.17. The van der Waals surface area contributed by atoms with Crippen LogP contribution in [0, 0.1) is 0 Å². The minimum absolute atomic E-state index is 0.581. The highest BCUT2D eigenvalue weighted by atomic mass is 15.2. The maximum atomic E-state index is 4.59. The van der Waals surface area contributed by atoms with E-state index < -0.39 is 0 Å². The van der Waals surface area contributed by atoms with E-state index in [1.165, 1.54) is 31.4 Å². The Hall–Kier alpha value is -1.09. The summed E-state index contributed by atoms with van der Waals surface area (Å²) in [4.78, 5) is 9.33. The van der Waals surface area contributed by atoms with E-state index in [1.54, 1.807) is 0 Å². The van der Waals surface area contributed by atoms with Crippen LogP contribution in [0.4, 0.5) is 5.82 Å². The molecule has 0 radical (unpaired) electrons. The van der Waals surface area contributed by atoms with Crippen LogP contribution < -0.4 is 4.90 Å². The third-order valence-electron chi connectivity index (χ3n) is 4.04. The largest absolute Gasteiger partial charge is 0.360 e. The first kappa shape index (κ1) is 13.3. The minimum atomic E-state index is 0.581.